The van der Waals surface area contributed by atoms with Gasteiger partial charge in [-0.05, 0) is 140 Å². The van der Waals surface area contributed by atoms with Crippen LogP contribution in [0.15, 0.2) is 188 Å². The number of nitrogens with zero attached hydrogens (tertiary/aromatic N) is 1. The second-order valence-electron chi connectivity index (χ2n) is 16.4. The molecule has 10 rings (SSSR count). The lowest BCUT2D eigenvalue weighted by Crippen LogP contribution is -2.26. The van der Waals surface area contributed by atoms with Gasteiger partial charge >= 0.3 is 0 Å². The van der Waals surface area contributed by atoms with E-state index in [2.05, 4.69) is 207 Å². The second-order valence-corrected chi connectivity index (χ2v) is 16.4. The van der Waals surface area contributed by atoms with Crippen molar-refractivity contribution in [2.45, 2.75) is 50.9 Å². The van der Waals surface area contributed by atoms with Crippen molar-refractivity contribution in [1.29, 1.82) is 0 Å². The first kappa shape index (κ1) is 34.3. The van der Waals surface area contributed by atoms with Crippen molar-refractivity contribution in [3.05, 3.63) is 210 Å². The number of fused-ring (bicyclic) bond motifs is 4. The number of rotatable bonds is 7. The van der Waals surface area contributed by atoms with Gasteiger partial charge in [0.25, 0.3) is 0 Å². The van der Waals surface area contributed by atoms with Crippen molar-refractivity contribution in [2.24, 2.45) is 5.92 Å². The molecule has 0 spiro atoms. The van der Waals surface area contributed by atoms with Gasteiger partial charge in [-0.3, -0.25) is 0 Å². The predicted octanol–water partition coefficient (Wildman–Crippen LogP) is 15.2. The second kappa shape index (κ2) is 14.2. The van der Waals surface area contributed by atoms with E-state index in [-0.39, 0.29) is 5.41 Å². The van der Waals surface area contributed by atoms with Gasteiger partial charge in [0, 0.05) is 23.0 Å². The molecular formula is C55H47N. The van der Waals surface area contributed by atoms with Gasteiger partial charge < -0.3 is 4.90 Å². The van der Waals surface area contributed by atoms with E-state index >= 15 is 0 Å². The van der Waals surface area contributed by atoms with Gasteiger partial charge in [0.2, 0.25) is 0 Å². The normalized spacial score (nSPS) is 18.2. The van der Waals surface area contributed by atoms with Crippen LogP contribution in [0.1, 0.15) is 67.7 Å². The molecule has 0 aliphatic heterocycles. The summed E-state index contributed by atoms with van der Waals surface area (Å²) in [5, 5.41) is 2.59. The monoisotopic (exact) mass is 721 g/mol. The Balaban J connectivity index is 1.06. The molecule has 0 heterocycles. The minimum atomic E-state index is 0.116. The molecule has 0 saturated carbocycles. The van der Waals surface area contributed by atoms with Gasteiger partial charge in [-0.15, -0.1) is 0 Å². The lowest BCUT2D eigenvalue weighted by atomic mass is 9.72. The first-order valence-corrected chi connectivity index (χ1v) is 20.4. The molecule has 2 unspecified atom stereocenters. The fourth-order valence-electron chi connectivity index (χ4n) is 9.96. The molecule has 272 valence electrons. The minimum absolute atomic E-state index is 0.116. The molecule has 0 N–H and O–H groups in total. The molecule has 0 bridgehead atoms. The average Bonchev–Trinajstić information content (AvgIpc) is 3.50. The van der Waals surface area contributed by atoms with Gasteiger partial charge in [0.15, 0.2) is 0 Å². The summed E-state index contributed by atoms with van der Waals surface area (Å²) >= 11 is 0. The molecule has 3 aliphatic rings. The van der Waals surface area contributed by atoms with Crippen LogP contribution in [-0.4, -0.2) is 0 Å². The van der Waals surface area contributed by atoms with Crippen molar-refractivity contribution in [1.82, 2.24) is 0 Å². The van der Waals surface area contributed by atoms with Crippen LogP contribution >= 0.6 is 0 Å². The molecule has 1 nitrogen and oxygen atoms in total. The minimum Gasteiger partial charge on any atom is -0.310 e. The zero-order valence-corrected chi connectivity index (χ0v) is 32.3. The first-order valence-electron chi connectivity index (χ1n) is 20.4. The van der Waals surface area contributed by atoms with Crippen LogP contribution in [0.2, 0.25) is 0 Å². The highest BCUT2D eigenvalue weighted by atomic mass is 15.1. The van der Waals surface area contributed by atoms with Gasteiger partial charge in [-0.25, -0.2) is 0 Å². The summed E-state index contributed by atoms with van der Waals surface area (Å²) in [6.07, 6.45) is 14.1. The Morgan fingerprint density at radius 2 is 1.14 bits per heavy atom. The third-order valence-electron chi connectivity index (χ3n) is 12.9. The fraction of sp³-hybridized carbons (Fsp3) is 0.164. The SMILES string of the molecule is CC1(C)c2cc(N(c3ccc(-c4ccccc4)cc3)c3ccc(-c4ccc5ccccc5c4C4=CC=C(c5ccccc5)CC4)cc3)ccc2C2C=CCCC21. The van der Waals surface area contributed by atoms with Gasteiger partial charge in [0.1, 0.15) is 0 Å². The fourth-order valence-corrected chi connectivity index (χ4v) is 9.96. The lowest BCUT2D eigenvalue weighted by molar-refractivity contribution is 0.301. The summed E-state index contributed by atoms with van der Waals surface area (Å²) in [5.41, 5.74) is 17.1. The maximum absolute atomic E-state index is 2.49. The van der Waals surface area contributed by atoms with Crippen LogP contribution in [0.3, 0.4) is 0 Å². The highest BCUT2D eigenvalue weighted by Crippen LogP contribution is 2.55. The third-order valence-corrected chi connectivity index (χ3v) is 12.9. The Hall–Kier alpha value is -6.18. The van der Waals surface area contributed by atoms with Crippen LogP contribution in [0.5, 0.6) is 0 Å². The summed E-state index contributed by atoms with van der Waals surface area (Å²) in [4.78, 5) is 2.45. The summed E-state index contributed by atoms with van der Waals surface area (Å²) in [6.45, 7) is 4.93. The number of benzene rings is 7. The summed E-state index contributed by atoms with van der Waals surface area (Å²) in [5.74, 6) is 1.16. The van der Waals surface area contributed by atoms with Gasteiger partial charge in [0.05, 0.1) is 0 Å². The van der Waals surface area contributed by atoms with Crippen LogP contribution in [0.4, 0.5) is 17.1 Å². The smallest absolute Gasteiger partial charge is 0.0464 e. The Morgan fingerprint density at radius 3 is 1.86 bits per heavy atom. The number of hydrogen-bond acceptors (Lipinski definition) is 1. The zero-order chi connectivity index (χ0) is 37.6. The predicted molar refractivity (Wildman–Crippen MR) is 239 cm³/mol. The van der Waals surface area contributed by atoms with Crippen molar-refractivity contribution in [2.75, 3.05) is 4.90 Å². The van der Waals surface area contributed by atoms with E-state index in [9.17, 15) is 0 Å². The summed E-state index contributed by atoms with van der Waals surface area (Å²) < 4.78 is 0. The third kappa shape index (κ3) is 6.03. The average molecular weight is 722 g/mol. The topological polar surface area (TPSA) is 3.24 Å². The Labute approximate surface area is 332 Å². The van der Waals surface area contributed by atoms with E-state index < -0.39 is 0 Å². The molecule has 7 aromatic carbocycles. The van der Waals surface area contributed by atoms with Crippen molar-refractivity contribution in [3.63, 3.8) is 0 Å². The van der Waals surface area contributed by atoms with Crippen LogP contribution < -0.4 is 4.90 Å². The van der Waals surface area contributed by atoms with E-state index in [1.165, 1.54) is 85.0 Å². The molecule has 0 aromatic heterocycles. The molecule has 3 aliphatic carbocycles. The number of hydrogen-bond donors (Lipinski definition) is 0. The molecule has 0 amide bonds. The maximum atomic E-state index is 2.49. The Morgan fingerprint density at radius 1 is 0.536 bits per heavy atom. The standard InChI is InChI=1S/C55H47N/c1-55(2)52-20-12-11-19-50(52)51-36-34-47(37-53(51)55)56(45-30-25-41(26-31-45)39-15-7-4-8-16-39)46-32-27-43(28-33-46)49-35-29-42-17-9-10-18-48(42)54(49)44-23-21-40(22-24-44)38-13-5-3-6-14-38/h3-11,13-19,21,23,25-37,50,52H,12,20,22,24H2,1-2H3. The molecule has 0 radical (unpaired) electrons. The highest BCUT2D eigenvalue weighted by Gasteiger charge is 2.45. The van der Waals surface area contributed by atoms with Crippen molar-refractivity contribution in [3.8, 4) is 22.3 Å². The Kier molecular flexibility index (Phi) is 8.67. The molecule has 7 aromatic rings. The zero-order valence-electron chi connectivity index (χ0n) is 32.3. The molecule has 0 fully saturated rings. The Bertz CT molecular complexity index is 2640. The molecule has 0 saturated heterocycles. The van der Waals surface area contributed by atoms with E-state index in [0.29, 0.717) is 11.8 Å². The maximum Gasteiger partial charge on any atom is 0.0464 e. The largest absolute Gasteiger partial charge is 0.310 e. The summed E-state index contributed by atoms with van der Waals surface area (Å²) in [6, 6.07) is 60.6. The number of allylic oxidation sites excluding steroid dienone is 6. The van der Waals surface area contributed by atoms with E-state index in [0.717, 1.165) is 24.2 Å². The molecule has 56 heavy (non-hydrogen) atoms. The van der Waals surface area contributed by atoms with Crippen LogP contribution in [0.25, 0.3) is 44.2 Å². The van der Waals surface area contributed by atoms with Crippen molar-refractivity contribution >= 4 is 39.0 Å². The van der Waals surface area contributed by atoms with E-state index in [1.807, 2.05) is 0 Å². The molecule has 2 atom stereocenters. The first-order chi connectivity index (χ1) is 27.5. The van der Waals surface area contributed by atoms with Crippen molar-refractivity contribution < 1.29 is 0 Å². The quantitative estimate of drug-likeness (QED) is 0.148. The molecular weight excluding hydrogens is 675 g/mol. The van der Waals surface area contributed by atoms with E-state index in [4.69, 9.17) is 0 Å². The molecule has 1 heteroatoms. The van der Waals surface area contributed by atoms with Crippen LogP contribution in [-0.2, 0) is 5.41 Å². The van der Waals surface area contributed by atoms with Crippen LogP contribution in [0, 0.1) is 5.92 Å². The van der Waals surface area contributed by atoms with Gasteiger partial charge in [-0.1, -0.05) is 166 Å². The summed E-state index contributed by atoms with van der Waals surface area (Å²) in [7, 11) is 0. The number of anilines is 3. The lowest BCUT2D eigenvalue weighted by Gasteiger charge is -2.33. The van der Waals surface area contributed by atoms with Gasteiger partial charge in [-0.2, -0.15) is 0 Å². The highest BCUT2D eigenvalue weighted by molar-refractivity contribution is 6.02. The van der Waals surface area contributed by atoms with E-state index in [1.54, 1.807) is 0 Å².